The summed E-state index contributed by atoms with van der Waals surface area (Å²) in [5, 5.41) is 0. The molecule has 1 aromatic carbocycles. The Bertz CT molecular complexity index is 513. The number of hydrogen-bond acceptors (Lipinski definition) is 3. The Hall–Kier alpha value is -1.07. The van der Waals surface area contributed by atoms with E-state index >= 15 is 0 Å². The van der Waals surface area contributed by atoms with Crippen molar-refractivity contribution in [2.45, 2.75) is 6.42 Å². The van der Waals surface area contributed by atoms with Gasteiger partial charge in [-0.1, -0.05) is 0 Å². The van der Waals surface area contributed by atoms with E-state index in [0.717, 1.165) is 4.88 Å². The summed E-state index contributed by atoms with van der Waals surface area (Å²) in [6, 6.07) is 4.06. The predicted octanol–water partition coefficient (Wildman–Crippen LogP) is 3.47. The average Bonchev–Trinajstić information content (AvgIpc) is 2.70. The molecule has 0 radical (unpaired) electrons. The molecule has 16 heavy (non-hydrogen) atoms. The number of thiazole rings is 1. The summed E-state index contributed by atoms with van der Waals surface area (Å²) in [6.45, 7) is 0. The highest BCUT2D eigenvalue weighted by Crippen LogP contribution is 2.20. The van der Waals surface area contributed by atoms with Gasteiger partial charge in [0.05, 0.1) is 5.51 Å². The topological polar surface area (TPSA) is 30.0 Å². The molecule has 82 valence electrons. The fourth-order valence-electron chi connectivity index (χ4n) is 1.30. The third-order valence-corrected chi connectivity index (χ3v) is 3.49. The fourth-order valence-corrected chi connectivity index (χ4v) is 2.46. The molecular formula is C11H7BrFNOS. The highest BCUT2D eigenvalue weighted by atomic mass is 79.9. The summed E-state index contributed by atoms with van der Waals surface area (Å²) in [4.78, 5) is 16.7. The zero-order valence-electron chi connectivity index (χ0n) is 8.11. The number of hydrogen-bond donors (Lipinski definition) is 0. The van der Waals surface area contributed by atoms with Crippen molar-refractivity contribution in [2.24, 2.45) is 0 Å². The maximum absolute atomic E-state index is 12.8. The molecule has 2 nitrogen and oxygen atoms in total. The number of aromatic nitrogens is 1. The van der Waals surface area contributed by atoms with Gasteiger partial charge in [-0.05, 0) is 34.1 Å². The van der Waals surface area contributed by atoms with Gasteiger partial charge >= 0.3 is 0 Å². The Labute approximate surface area is 104 Å². The molecule has 2 rings (SSSR count). The van der Waals surface area contributed by atoms with Gasteiger partial charge in [0.1, 0.15) is 5.82 Å². The van der Waals surface area contributed by atoms with Gasteiger partial charge in [0.15, 0.2) is 5.78 Å². The lowest BCUT2D eigenvalue weighted by Crippen LogP contribution is -2.03. The third kappa shape index (κ3) is 2.54. The second-order valence-electron chi connectivity index (χ2n) is 3.19. The molecule has 0 aliphatic carbocycles. The van der Waals surface area contributed by atoms with E-state index in [9.17, 15) is 9.18 Å². The van der Waals surface area contributed by atoms with Crippen molar-refractivity contribution in [3.63, 3.8) is 0 Å². The molecular weight excluding hydrogens is 293 g/mol. The summed E-state index contributed by atoms with van der Waals surface area (Å²) < 4.78 is 13.3. The van der Waals surface area contributed by atoms with Crippen LogP contribution in [0, 0.1) is 5.82 Å². The number of halogens is 2. The minimum atomic E-state index is -0.360. The van der Waals surface area contributed by atoms with E-state index in [1.54, 1.807) is 11.7 Å². The van der Waals surface area contributed by atoms with Gasteiger partial charge in [0, 0.05) is 27.5 Å². The first kappa shape index (κ1) is 11.4. The molecule has 0 aliphatic heterocycles. The predicted molar refractivity (Wildman–Crippen MR) is 64.2 cm³/mol. The van der Waals surface area contributed by atoms with E-state index in [1.807, 2.05) is 0 Å². The van der Waals surface area contributed by atoms with Crippen molar-refractivity contribution >= 4 is 33.0 Å². The van der Waals surface area contributed by atoms with Crippen molar-refractivity contribution in [1.29, 1.82) is 0 Å². The van der Waals surface area contributed by atoms with E-state index in [2.05, 4.69) is 20.9 Å². The van der Waals surface area contributed by atoms with Crippen LogP contribution in [0.1, 0.15) is 15.2 Å². The van der Waals surface area contributed by atoms with Crippen LogP contribution in [0.3, 0.4) is 0 Å². The average molecular weight is 300 g/mol. The normalized spacial score (nSPS) is 10.4. The highest BCUT2D eigenvalue weighted by Gasteiger charge is 2.12. The van der Waals surface area contributed by atoms with Crippen molar-refractivity contribution in [2.75, 3.05) is 0 Å². The summed E-state index contributed by atoms with van der Waals surface area (Å²) in [5.74, 6) is -0.405. The Morgan fingerprint density at radius 1 is 1.50 bits per heavy atom. The molecule has 0 bridgehead atoms. The van der Waals surface area contributed by atoms with E-state index in [0.29, 0.717) is 16.5 Å². The lowest BCUT2D eigenvalue weighted by atomic mass is 10.1. The summed E-state index contributed by atoms with van der Waals surface area (Å²) >= 11 is 4.61. The van der Waals surface area contributed by atoms with Crippen LogP contribution in [-0.4, -0.2) is 10.8 Å². The second kappa shape index (κ2) is 4.84. The van der Waals surface area contributed by atoms with Crippen molar-refractivity contribution in [3.05, 3.63) is 50.6 Å². The SMILES string of the molecule is O=C(Cc1cncs1)c1ccc(F)cc1Br. The molecule has 1 heterocycles. The van der Waals surface area contributed by atoms with Crippen LogP contribution < -0.4 is 0 Å². The van der Waals surface area contributed by atoms with E-state index in [-0.39, 0.29) is 11.6 Å². The molecule has 0 saturated heterocycles. The van der Waals surface area contributed by atoms with Gasteiger partial charge < -0.3 is 0 Å². The van der Waals surface area contributed by atoms with Gasteiger partial charge in [0.2, 0.25) is 0 Å². The highest BCUT2D eigenvalue weighted by molar-refractivity contribution is 9.10. The number of carbonyl (C=O) groups excluding carboxylic acids is 1. The molecule has 2 aromatic rings. The maximum Gasteiger partial charge on any atom is 0.169 e. The first-order valence-electron chi connectivity index (χ1n) is 4.52. The summed E-state index contributed by atoms with van der Waals surface area (Å²) in [7, 11) is 0. The molecule has 0 unspecified atom stereocenters. The molecule has 0 atom stereocenters. The summed E-state index contributed by atoms with van der Waals surface area (Å²) in [5.41, 5.74) is 2.18. The van der Waals surface area contributed by atoms with Crippen LogP contribution in [0.25, 0.3) is 0 Å². The van der Waals surface area contributed by atoms with Gasteiger partial charge in [-0.25, -0.2) is 4.39 Å². The molecule has 0 saturated carbocycles. The molecule has 5 heteroatoms. The van der Waals surface area contributed by atoms with E-state index in [1.165, 1.54) is 29.5 Å². The standard InChI is InChI=1S/C11H7BrFNOS/c12-10-3-7(13)1-2-9(10)11(15)4-8-5-14-6-16-8/h1-3,5-6H,4H2. The Morgan fingerprint density at radius 2 is 2.31 bits per heavy atom. The Kier molecular flexibility index (Phi) is 3.46. The minimum absolute atomic E-state index is 0.0453. The van der Waals surface area contributed by atoms with Crippen LogP contribution >= 0.6 is 27.3 Å². The Balaban J connectivity index is 2.21. The van der Waals surface area contributed by atoms with Crippen LogP contribution in [0.15, 0.2) is 34.4 Å². The van der Waals surface area contributed by atoms with Crippen molar-refractivity contribution in [3.8, 4) is 0 Å². The Morgan fingerprint density at radius 3 is 2.94 bits per heavy atom. The molecule has 0 aliphatic rings. The summed E-state index contributed by atoms with van der Waals surface area (Å²) in [6.07, 6.45) is 1.97. The van der Waals surface area contributed by atoms with Crippen molar-refractivity contribution < 1.29 is 9.18 Å². The maximum atomic E-state index is 12.8. The number of ketones is 1. The van der Waals surface area contributed by atoms with Crippen LogP contribution in [0.4, 0.5) is 4.39 Å². The van der Waals surface area contributed by atoms with Crippen LogP contribution in [-0.2, 0) is 6.42 Å². The first-order valence-corrected chi connectivity index (χ1v) is 6.19. The van der Waals surface area contributed by atoms with Crippen LogP contribution in [0.5, 0.6) is 0 Å². The van der Waals surface area contributed by atoms with E-state index in [4.69, 9.17) is 0 Å². The number of carbonyl (C=O) groups is 1. The lowest BCUT2D eigenvalue weighted by molar-refractivity contribution is 0.0993. The van der Waals surface area contributed by atoms with E-state index < -0.39 is 0 Å². The molecule has 0 N–H and O–H groups in total. The molecule has 0 fully saturated rings. The van der Waals surface area contributed by atoms with Gasteiger partial charge in [0.25, 0.3) is 0 Å². The quantitative estimate of drug-likeness (QED) is 0.812. The monoisotopic (exact) mass is 299 g/mol. The zero-order valence-corrected chi connectivity index (χ0v) is 10.5. The van der Waals surface area contributed by atoms with Gasteiger partial charge in [-0.15, -0.1) is 11.3 Å². The zero-order chi connectivity index (χ0) is 11.5. The number of nitrogens with zero attached hydrogens (tertiary/aromatic N) is 1. The first-order chi connectivity index (χ1) is 7.66. The van der Waals surface area contributed by atoms with Crippen LogP contribution in [0.2, 0.25) is 0 Å². The second-order valence-corrected chi connectivity index (χ2v) is 5.02. The minimum Gasteiger partial charge on any atom is -0.294 e. The van der Waals surface area contributed by atoms with Crippen molar-refractivity contribution in [1.82, 2.24) is 4.98 Å². The fraction of sp³-hybridized carbons (Fsp3) is 0.0909. The number of Topliss-reactive ketones (excluding diaryl/α,β-unsaturated/α-hetero) is 1. The third-order valence-electron chi connectivity index (χ3n) is 2.05. The smallest absolute Gasteiger partial charge is 0.169 e. The number of benzene rings is 1. The number of rotatable bonds is 3. The lowest BCUT2D eigenvalue weighted by Gasteiger charge is -2.02. The molecule has 0 spiro atoms. The molecule has 0 amide bonds. The molecule has 1 aromatic heterocycles. The van der Waals surface area contributed by atoms with Gasteiger partial charge in [-0.2, -0.15) is 0 Å². The largest absolute Gasteiger partial charge is 0.294 e. The van der Waals surface area contributed by atoms with Gasteiger partial charge in [-0.3, -0.25) is 9.78 Å².